The third-order valence-electron chi connectivity index (χ3n) is 4.28. The molecule has 0 spiro atoms. The van der Waals surface area contributed by atoms with Gasteiger partial charge in [0.15, 0.2) is 6.61 Å². The molecule has 3 aromatic carbocycles. The monoisotopic (exact) mass is 375 g/mol. The minimum absolute atomic E-state index is 0.00630. The zero-order valence-electron chi connectivity index (χ0n) is 16.1. The van der Waals surface area contributed by atoms with Crippen LogP contribution in [0.1, 0.15) is 18.1 Å². The maximum atomic E-state index is 12.9. The van der Waals surface area contributed by atoms with Crippen molar-refractivity contribution in [2.45, 2.75) is 20.0 Å². The summed E-state index contributed by atoms with van der Waals surface area (Å²) in [5.74, 6) is 1.38. The number of hydrogen-bond donors (Lipinski definition) is 0. The zero-order chi connectivity index (χ0) is 19.6. The van der Waals surface area contributed by atoms with Crippen molar-refractivity contribution >= 4 is 5.91 Å². The minimum Gasteiger partial charge on any atom is -0.494 e. The molecule has 3 aromatic rings. The molecule has 0 saturated carbocycles. The summed E-state index contributed by atoms with van der Waals surface area (Å²) in [4.78, 5) is 14.7. The van der Waals surface area contributed by atoms with Crippen LogP contribution in [-0.4, -0.2) is 24.0 Å². The van der Waals surface area contributed by atoms with Crippen LogP contribution >= 0.6 is 0 Å². The highest BCUT2D eigenvalue weighted by molar-refractivity contribution is 5.77. The Kier molecular flexibility index (Phi) is 7.08. The lowest BCUT2D eigenvalue weighted by Gasteiger charge is -2.23. The molecule has 144 valence electrons. The first-order valence-corrected chi connectivity index (χ1v) is 9.46. The van der Waals surface area contributed by atoms with Crippen LogP contribution in [0.25, 0.3) is 0 Å². The number of benzene rings is 3. The van der Waals surface area contributed by atoms with Crippen LogP contribution in [-0.2, 0) is 17.9 Å². The Morgan fingerprint density at radius 2 is 1.18 bits per heavy atom. The van der Waals surface area contributed by atoms with Crippen LogP contribution in [0.4, 0.5) is 0 Å². The Morgan fingerprint density at radius 3 is 1.64 bits per heavy atom. The van der Waals surface area contributed by atoms with Crippen molar-refractivity contribution in [3.63, 3.8) is 0 Å². The predicted octanol–water partition coefficient (Wildman–Crippen LogP) is 4.69. The number of carbonyl (C=O) groups is 1. The van der Waals surface area contributed by atoms with Crippen molar-refractivity contribution in [3.8, 4) is 11.5 Å². The van der Waals surface area contributed by atoms with Gasteiger partial charge in [-0.1, -0.05) is 60.7 Å². The van der Waals surface area contributed by atoms with Gasteiger partial charge in [0, 0.05) is 13.1 Å². The van der Waals surface area contributed by atoms with E-state index in [-0.39, 0.29) is 12.5 Å². The Labute approximate surface area is 166 Å². The van der Waals surface area contributed by atoms with E-state index in [1.165, 1.54) is 0 Å². The van der Waals surface area contributed by atoms with Crippen LogP contribution in [0.2, 0.25) is 0 Å². The molecule has 4 nitrogen and oxygen atoms in total. The van der Waals surface area contributed by atoms with Crippen molar-refractivity contribution in [2.75, 3.05) is 13.2 Å². The maximum absolute atomic E-state index is 12.9. The van der Waals surface area contributed by atoms with Gasteiger partial charge in [0.05, 0.1) is 6.61 Å². The van der Waals surface area contributed by atoms with Crippen LogP contribution < -0.4 is 9.47 Å². The molecule has 0 aliphatic rings. The third-order valence-corrected chi connectivity index (χ3v) is 4.28. The first kappa shape index (κ1) is 19.5. The summed E-state index contributed by atoms with van der Waals surface area (Å²) in [6.07, 6.45) is 0. The first-order valence-electron chi connectivity index (χ1n) is 9.46. The maximum Gasteiger partial charge on any atom is 0.261 e. The highest BCUT2D eigenvalue weighted by Crippen LogP contribution is 2.18. The number of ether oxygens (including phenoxy) is 2. The fourth-order valence-electron chi connectivity index (χ4n) is 2.87. The van der Waals surface area contributed by atoms with Gasteiger partial charge >= 0.3 is 0 Å². The molecule has 0 heterocycles. The van der Waals surface area contributed by atoms with Gasteiger partial charge in [0.1, 0.15) is 11.5 Å². The van der Waals surface area contributed by atoms with Gasteiger partial charge < -0.3 is 14.4 Å². The van der Waals surface area contributed by atoms with Crippen molar-refractivity contribution in [1.29, 1.82) is 0 Å². The van der Waals surface area contributed by atoms with Gasteiger partial charge in [-0.3, -0.25) is 4.79 Å². The van der Waals surface area contributed by atoms with Gasteiger partial charge in [0.2, 0.25) is 0 Å². The lowest BCUT2D eigenvalue weighted by atomic mass is 10.1. The topological polar surface area (TPSA) is 38.8 Å². The van der Waals surface area contributed by atoms with Crippen molar-refractivity contribution in [2.24, 2.45) is 0 Å². The molecular weight excluding hydrogens is 350 g/mol. The summed E-state index contributed by atoms with van der Waals surface area (Å²) in [5, 5.41) is 0. The predicted molar refractivity (Wildman–Crippen MR) is 110 cm³/mol. The summed E-state index contributed by atoms with van der Waals surface area (Å²) in [6.45, 7) is 3.64. The second kappa shape index (κ2) is 10.2. The zero-order valence-corrected chi connectivity index (χ0v) is 16.1. The minimum atomic E-state index is -0.0541. The molecule has 1 amide bonds. The number of amides is 1. The van der Waals surface area contributed by atoms with Crippen molar-refractivity contribution in [1.82, 2.24) is 4.90 Å². The SMILES string of the molecule is CCOc1ccc(OCC(=O)N(Cc2ccccc2)Cc2ccccc2)cc1. The van der Waals surface area contributed by atoms with Crippen LogP contribution in [0.3, 0.4) is 0 Å². The van der Waals surface area contributed by atoms with E-state index in [9.17, 15) is 4.79 Å². The van der Waals surface area contributed by atoms with E-state index in [2.05, 4.69) is 0 Å². The summed E-state index contributed by atoms with van der Waals surface area (Å²) in [7, 11) is 0. The molecule has 0 aromatic heterocycles. The molecule has 0 aliphatic carbocycles. The molecule has 0 bridgehead atoms. The Hall–Kier alpha value is -3.27. The fourth-order valence-corrected chi connectivity index (χ4v) is 2.87. The quantitative estimate of drug-likeness (QED) is 0.544. The van der Waals surface area contributed by atoms with Crippen LogP contribution in [0.5, 0.6) is 11.5 Å². The normalized spacial score (nSPS) is 10.3. The first-order chi connectivity index (χ1) is 13.7. The van der Waals surface area contributed by atoms with E-state index < -0.39 is 0 Å². The summed E-state index contributed by atoms with van der Waals surface area (Å²) in [5.41, 5.74) is 2.18. The van der Waals surface area contributed by atoms with E-state index in [4.69, 9.17) is 9.47 Å². The smallest absolute Gasteiger partial charge is 0.261 e. The summed E-state index contributed by atoms with van der Waals surface area (Å²) >= 11 is 0. The third kappa shape index (κ3) is 5.88. The molecule has 0 atom stereocenters. The van der Waals surface area contributed by atoms with Gasteiger partial charge in [-0.2, -0.15) is 0 Å². The lowest BCUT2D eigenvalue weighted by molar-refractivity contribution is -0.134. The molecule has 0 N–H and O–H groups in total. The van der Waals surface area contributed by atoms with Crippen LogP contribution in [0, 0.1) is 0 Å². The number of carbonyl (C=O) groups excluding carboxylic acids is 1. The van der Waals surface area contributed by atoms with Crippen molar-refractivity contribution in [3.05, 3.63) is 96.1 Å². The molecular formula is C24H25NO3. The molecule has 0 radical (unpaired) electrons. The highest BCUT2D eigenvalue weighted by Gasteiger charge is 2.15. The van der Waals surface area contributed by atoms with Crippen molar-refractivity contribution < 1.29 is 14.3 Å². The summed E-state index contributed by atoms with van der Waals surface area (Å²) < 4.78 is 11.1. The molecule has 4 heteroatoms. The average molecular weight is 375 g/mol. The standard InChI is InChI=1S/C24H25NO3/c1-2-27-22-13-15-23(16-14-22)28-19-24(26)25(17-20-9-5-3-6-10-20)18-21-11-7-4-8-12-21/h3-16H,2,17-19H2,1H3. The largest absolute Gasteiger partial charge is 0.494 e. The molecule has 0 saturated heterocycles. The second-order valence-corrected chi connectivity index (χ2v) is 6.41. The van der Waals surface area contributed by atoms with Gasteiger partial charge in [-0.25, -0.2) is 0 Å². The number of nitrogens with zero attached hydrogens (tertiary/aromatic N) is 1. The van der Waals surface area contributed by atoms with E-state index in [1.54, 1.807) is 0 Å². The molecule has 0 aliphatic heterocycles. The number of rotatable bonds is 9. The molecule has 0 fully saturated rings. The second-order valence-electron chi connectivity index (χ2n) is 6.41. The van der Waals surface area contributed by atoms with E-state index in [1.807, 2.05) is 96.8 Å². The van der Waals surface area contributed by atoms with Gasteiger partial charge in [0.25, 0.3) is 5.91 Å². The lowest BCUT2D eigenvalue weighted by Crippen LogP contribution is -2.34. The van der Waals surface area contributed by atoms with Crippen LogP contribution in [0.15, 0.2) is 84.9 Å². The van der Waals surface area contributed by atoms with Gasteiger partial charge in [-0.05, 0) is 42.3 Å². The molecule has 3 rings (SSSR count). The highest BCUT2D eigenvalue weighted by atomic mass is 16.5. The van der Waals surface area contributed by atoms with E-state index in [0.29, 0.717) is 25.4 Å². The number of hydrogen-bond acceptors (Lipinski definition) is 3. The Balaban J connectivity index is 1.65. The Bertz CT molecular complexity index is 807. The summed E-state index contributed by atoms with van der Waals surface area (Å²) in [6, 6.07) is 27.3. The molecule has 28 heavy (non-hydrogen) atoms. The van der Waals surface area contributed by atoms with Gasteiger partial charge in [-0.15, -0.1) is 0 Å². The van der Waals surface area contributed by atoms with E-state index in [0.717, 1.165) is 16.9 Å². The Morgan fingerprint density at radius 1 is 0.714 bits per heavy atom. The van der Waals surface area contributed by atoms with E-state index >= 15 is 0 Å². The fraction of sp³-hybridized carbons (Fsp3) is 0.208. The average Bonchev–Trinajstić information content (AvgIpc) is 2.74. The molecule has 0 unspecified atom stereocenters.